The van der Waals surface area contributed by atoms with Crippen LogP contribution in [0.25, 0.3) is 0 Å². The monoisotopic (exact) mass is 1480 g/mol. The Bertz CT molecular complexity index is 1080. The van der Waals surface area contributed by atoms with Crippen molar-refractivity contribution < 1.29 is 102 Å². The Hall–Kier alpha value is 6.26. The van der Waals surface area contributed by atoms with Gasteiger partial charge in [-0.2, -0.15) is 0 Å². The molecule has 0 unspecified atom stereocenters. The van der Waals surface area contributed by atoms with E-state index in [0.29, 0.717) is 0 Å². The SMILES string of the molecule is CCCCCCS(CCCCCC)=P([O-])([O-])[S-].CCCCCCS(CCCCCC)=P([O-])([O-])[S-].CCCCCCS(CCCCCC)=P([O-])([O-])[S-].CCCCCCS(CCCCCC)=P([O-])([O-])[S-].[Mo+4].[Mo+4].[Mo+4]. The zero-order valence-corrected chi connectivity index (χ0v) is 62.0. The second-order valence-electron chi connectivity index (χ2n) is 17.8. The molecule has 23 heteroatoms. The van der Waals surface area contributed by atoms with Crippen molar-refractivity contribution in [1.82, 2.24) is 0 Å². The van der Waals surface area contributed by atoms with Crippen LogP contribution >= 0.6 is 22.8 Å². The third-order valence-corrected chi connectivity index (χ3v) is 39.3. The summed E-state index contributed by atoms with van der Waals surface area (Å²) >= 11 is 18.7. The van der Waals surface area contributed by atoms with Gasteiger partial charge < -0.3 is 111 Å². The van der Waals surface area contributed by atoms with Crippen molar-refractivity contribution in [2.24, 2.45) is 0 Å². The van der Waals surface area contributed by atoms with Crippen molar-refractivity contribution in [3.05, 3.63) is 0 Å². The summed E-state index contributed by atoms with van der Waals surface area (Å²) in [6.45, 7) is 17.3. The Kier molecular flexibility index (Phi) is 81.8. The fraction of sp³-hybridized carbons (Fsp3) is 1.00. The molecule has 71 heavy (non-hydrogen) atoms. The first-order chi connectivity index (χ1) is 32.1. The standard InChI is InChI=1S/4C12H26O2PS2.3Mo/c4*1-3-5-7-9-11-17(15(13,14)16)12-10-8-6-4-2;;;/h4*3-12H2,1-2H3;;;/q4*-3;3*+4. The zero-order chi connectivity index (χ0) is 52.6. The van der Waals surface area contributed by atoms with Crippen molar-refractivity contribution in [3.8, 4) is 0 Å². The van der Waals surface area contributed by atoms with Crippen molar-refractivity contribution in [3.63, 3.8) is 0 Å². The van der Waals surface area contributed by atoms with Crippen LogP contribution in [0.15, 0.2) is 0 Å². The second-order valence-corrected chi connectivity index (χ2v) is 48.8. The van der Waals surface area contributed by atoms with Crippen LogP contribution < -0.4 is 39.1 Å². The van der Waals surface area contributed by atoms with E-state index >= 15 is 0 Å². The number of hydrogen-bond donors (Lipinski definition) is 0. The van der Waals surface area contributed by atoms with Gasteiger partial charge in [-0.1, -0.05) is 209 Å². The molecular formula is C48H104Mo3O8P4S8. The van der Waals surface area contributed by atoms with E-state index < -0.39 is 63.1 Å². The summed E-state index contributed by atoms with van der Waals surface area (Å²) in [5.74, 6) is 6.42. The summed E-state index contributed by atoms with van der Waals surface area (Å²) in [5, 5.41) is 0. The van der Waals surface area contributed by atoms with Crippen molar-refractivity contribution in [1.29, 1.82) is 0 Å². The van der Waals surface area contributed by atoms with Gasteiger partial charge in [0, 0.05) is 0 Å². The predicted molar refractivity (Wildman–Crippen MR) is 319 cm³/mol. The van der Waals surface area contributed by atoms with Gasteiger partial charge in [-0.15, -0.1) is 0 Å². The van der Waals surface area contributed by atoms with Gasteiger partial charge in [-0.3, -0.25) is 0 Å². The van der Waals surface area contributed by atoms with Gasteiger partial charge in [0.15, 0.2) is 0 Å². The summed E-state index contributed by atoms with van der Waals surface area (Å²) in [5.41, 5.74) is -14.0. The summed E-state index contributed by atoms with van der Waals surface area (Å²) < 4.78 is 0. The Labute approximate surface area is 515 Å². The van der Waals surface area contributed by atoms with Crippen LogP contribution in [0.5, 0.6) is 0 Å². The molecule has 430 valence electrons. The Morgan fingerprint density at radius 3 is 0.380 bits per heavy atom. The molecule has 0 saturated heterocycles. The van der Waals surface area contributed by atoms with Gasteiger partial charge in [0.1, 0.15) is 0 Å². The van der Waals surface area contributed by atoms with Crippen LogP contribution in [-0.4, -0.2) is 46.0 Å². The molecule has 0 atom stereocenters. The van der Waals surface area contributed by atoms with E-state index in [4.69, 9.17) is 0 Å². The topological polar surface area (TPSA) is 184 Å². The maximum atomic E-state index is 11.5. The molecule has 0 saturated carbocycles. The van der Waals surface area contributed by atoms with Gasteiger partial charge in [0.05, 0.1) is 0 Å². The smallest absolute Gasteiger partial charge is 0.854 e. The molecule has 0 aromatic heterocycles. The molecule has 0 aliphatic carbocycles. The largest absolute Gasteiger partial charge is 4.00 e. The second kappa shape index (κ2) is 63.8. The first kappa shape index (κ1) is 91.0. The molecule has 0 fully saturated rings. The third kappa shape index (κ3) is 68.7. The minimum atomic E-state index is -3.51. The van der Waals surface area contributed by atoms with E-state index in [1.54, 1.807) is 0 Å². The van der Waals surface area contributed by atoms with E-state index in [0.717, 1.165) is 149 Å². The van der Waals surface area contributed by atoms with Crippen LogP contribution in [0.3, 0.4) is 0 Å². The molecule has 0 rings (SSSR count). The maximum Gasteiger partial charge on any atom is 4.00 e. The Balaban J connectivity index is -0.000000152. The van der Waals surface area contributed by atoms with E-state index in [2.05, 4.69) is 104 Å². The molecule has 0 heterocycles. The van der Waals surface area contributed by atoms with Crippen LogP contribution in [0, 0.1) is 0 Å². The van der Waals surface area contributed by atoms with Gasteiger partial charge in [-0.05, 0) is 97.4 Å². The molecule has 0 aromatic rings. The molecule has 8 nitrogen and oxygen atoms in total. The van der Waals surface area contributed by atoms with Gasteiger partial charge in [0.25, 0.3) is 0 Å². The molecule has 0 bridgehead atoms. The Morgan fingerprint density at radius 1 is 0.211 bits per heavy atom. The number of unbranched alkanes of at least 4 members (excludes halogenated alkanes) is 24. The van der Waals surface area contributed by atoms with Crippen LogP contribution in [0.1, 0.15) is 261 Å². The minimum absolute atomic E-state index is 0. The van der Waals surface area contributed by atoms with E-state index in [-0.39, 0.29) is 63.2 Å². The fourth-order valence-corrected chi connectivity index (χ4v) is 27.6. The van der Waals surface area contributed by atoms with Crippen molar-refractivity contribution in [2.45, 2.75) is 261 Å². The molecule has 0 aromatic carbocycles. The summed E-state index contributed by atoms with van der Waals surface area (Å²) in [4.78, 5) is 92.1. The zero-order valence-electron chi connectivity index (χ0n) is 45.8. The van der Waals surface area contributed by atoms with Crippen molar-refractivity contribution >= 4 is 112 Å². The first-order valence-corrected chi connectivity index (χ1v) is 46.1. The normalized spacial score (nSPS) is 11.8. The van der Waals surface area contributed by atoms with Gasteiger partial charge >= 0.3 is 63.2 Å². The average molecular weight is 1480 g/mol. The van der Waals surface area contributed by atoms with Crippen molar-refractivity contribution in [2.75, 3.05) is 46.0 Å². The summed E-state index contributed by atoms with van der Waals surface area (Å²) in [6, 6.07) is 0. The average Bonchev–Trinajstić information content (AvgIpc) is 3.26. The number of hydrogen-bond acceptors (Lipinski definition) is 12. The van der Waals surface area contributed by atoms with Crippen LogP contribution in [-0.2, 0) is 152 Å². The molecular weight excluding hydrogens is 1370 g/mol. The Morgan fingerprint density at radius 2 is 0.310 bits per heavy atom. The summed E-state index contributed by atoms with van der Waals surface area (Å²) in [6.07, 6.45) is 36.4. The van der Waals surface area contributed by atoms with Gasteiger partial charge in [0.2, 0.25) is 0 Å². The molecule has 0 N–H and O–H groups in total. The van der Waals surface area contributed by atoms with Crippen LogP contribution in [0.2, 0.25) is 0 Å². The van der Waals surface area contributed by atoms with E-state index in [1.807, 2.05) is 0 Å². The molecule has 0 amide bonds. The van der Waals surface area contributed by atoms with E-state index in [9.17, 15) is 39.1 Å². The molecule has 0 aliphatic heterocycles. The first-order valence-electron chi connectivity index (χ1n) is 26.9. The third-order valence-electron chi connectivity index (χ3n) is 11.1. The van der Waals surface area contributed by atoms with E-state index in [1.165, 1.54) is 103 Å². The van der Waals surface area contributed by atoms with Gasteiger partial charge in [-0.25, -0.2) is 40.3 Å². The molecule has 0 aliphatic rings. The minimum Gasteiger partial charge on any atom is -0.854 e. The predicted octanol–water partition coefficient (Wildman–Crippen LogP) is 10.8. The molecule has 0 spiro atoms. The summed E-state index contributed by atoms with van der Waals surface area (Å²) in [7, 11) is -2.14. The quantitative estimate of drug-likeness (QED) is 0.0245. The fourth-order valence-electron chi connectivity index (χ4n) is 6.87. The molecule has 0 radical (unpaired) electrons. The van der Waals surface area contributed by atoms with Crippen LogP contribution in [0.4, 0.5) is 0 Å². The number of rotatable bonds is 40. The maximum absolute atomic E-state index is 11.5.